The molecule has 7 heteroatoms. The van der Waals surface area contributed by atoms with Gasteiger partial charge in [0.25, 0.3) is 0 Å². The molecule has 4 heterocycles. The molecule has 24 heavy (non-hydrogen) atoms. The molecular formula is C17H26N4O3. The highest BCUT2D eigenvalue weighted by Gasteiger charge is 2.53. The van der Waals surface area contributed by atoms with Crippen molar-refractivity contribution < 1.29 is 14.1 Å². The highest BCUT2D eigenvalue weighted by molar-refractivity contribution is 5.74. The molecule has 3 aliphatic rings. The second-order valence-corrected chi connectivity index (χ2v) is 7.56. The van der Waals surface area contributed by atoms with Crippen LogP contribution in [0.3, 0.4) is 0 Å². The van der Waals surface area contributed by atoms with Gasteiger partial charge in [-0.2, -0.15) is 4.98 Å². The molecule has 3 saturated heterocycles. The Morgan fingerprint density at radius 1 is 1.29 bits per heavy atom. The minimum Gasteiger partial charge on any atom is -0.374 e. The second kappa shape index (κ2) is 6.35. The van der Waals surface area contributed by atoms with Crippen LogP contribution in [0.25, 0.3) is 0 Å². The summed E-state index contributed by atoms with van der Waals surface area (Å²) in [7, 11) is 0. The van der Waals surface area contributed by atoms with E-state index in [1.807, 2.05) is 18.7 Å². The van der Waals surface area contributed by atoms with Gasteiger partial charge < -0.3 is 19.5 Å². The number of carbonyl (C=O) groups is 1. The highest BCUT2D eigenvalue weighted by atomic mass is 16.5. The number of ether oxygens (including phenoxy) is 1. The van der Waals surface area contributed by atoms with E-state index in [1.54, 1.807) is 0 Å². The minimum absolute atomic E-state index is 0.0530. The van der Waals surface area contributed by atoms with Gasteiger partial charge in [0, 0.05) is 43.8 Å². The summed E-state index contributed by atoms with van der Waals surface area (Å²) in [5, 5.41) is 6.97. The highest BCUT2D eigenvalue weighted by Crippen LogP contribution is 2.47. The van der Waals surface area contributed by atoms with Crippen LogP contribution < -0.4 is 5.32 Å². The fourth-order valence-corrected chi connectivity index (χ4v) is 4.28. The fraction of sp³-hybridized carbons (Fsp3) is 0.824. The summed E-state index contributed by atoms with van der Waals surface area (Å²) in [6.45, 7) is 6.40. The van der Waals surface area contributed by atoms with Gasteiger partial charge in [-0.25, -0.2) is 4.79 Å². The maximum absolute atomic E-state index is 12.3. The van der Waals surface area contributed by atoms with Gasteiger partial charge in [-0.1, -0.05) is 19.0 Å². The number of likely N-dealkylation sites (tertiary alicyclic amines) is 1. The van der Waals surface area contributed by atoms with Gasteiger partial charge >= 0.3 is 6.03 Å². The molecule has 0 radical (unpaired) electrons. The van der Waals surface area contributed by atoms with Crippen molar-refractivity contribution in [3.63, 3.8) is 0 Å². The first-order valence-electron chi connectivity index (χ1n) is 9.12. The lowest BCUT2D eigenvalue weighted by Gasteiger charge is -2.19. The van der Waals surface area contributed by atoms with Gasteiger partial charge in [0.05, 0.1) is 12.2 Å². The molecule has 0 aliphatic carbocycles. The molecule has 4 atom stereocenters. The Balaban J connectivity index is 1.19. The van der Waals surface area contributed by atoms with Crippen LogP contribution in [-0.2, 0) is 11.2 Å². The van der Waals surface area contributed by atoms with Gasteiger partial charge in [-0.15, -0.1) is 0 Å². The number of nitrogens with zero attached hydrogens (tertiary/aromatic N) is 3. The first-order chi connectivity index (χ1) is 11.6. The van der Waals surface area contributed by atoms with E-state index in [9.17, 15) is 4.79 Å². The molecule has 0 aromatic carbocycles. The summed E-state index contributed by atoms with van der Waals surface area (Å²) in [4.78, 5) is 18.7. The average Bonchev–Trinajstić information content (AvgIpc) is 3.32. The lowest BCUT2D eigenvalue weighted by atomic mass is 9.82. The van der Waals surface area contributed by atoms with Gasteiger partial charge in [-0.3, -0.25) is 0 Å². The molecule has 2 bridgehead atoms. The summed E-state index contributed by atoms with van der Waals surface area (Å²) < 4.78 is 11.2. The van der Waals surface area contributed by atoms with E-state index in [2.05, 4.69) is 15.5 Å². The topological polar surface area (TPSA) is 80.5 Å². The molecule has 0 spiro atoms. The Morgan fingerprint density at radius 2 is 2.00 bits per heavy atom. The lowest BCUT2D eigenvalue weighted by Crippen LogP contribution is -2.40. The summed E-state index contributed by atoms with van der Waals surface area (Å²) in [6.07, 6.45) is 4.63. The molecular weight excluding hydrogens is 308 g/mol. The number of urea groups is 1. The SMILES string of the molecule is CC(C)c1noc(CCCNC(=O)N2CC3C4CCC(O4)C3C2)n1. The molecule has 4 rings (SSSR count). The van der Waals surface area contributed by atoms with Gasteiger partial charge in [0.15, 0.2) is 5.82 Å². The van der Waals surface area contributed by atoms with Crippen molar-refractivity contribution >= 4 is 6.03 Å². The predicted octanol–water partition coefficient (Wildman–Crippen LogP) is 1.94. The van der Waals surface area contributed by atoms with Gasteiger partial charge in [0.1, 0.15) is 0 Å². The van der Waals surface area contributed by atoms with Crippen LogP contribution in [0, 0.1) is 11.8 Å². The number of carbonyl (C=O) groups excluding carboxylic acids is 1. The Hall–Kier alpha value is -1.63. The number of nitrogens with one attached hydrogen (secondary N) is 1. The molecule has 132 valence electrons. The van der Waals surface area contributed by atoms with Crippen molar-refractivity contribution in [2.24, 2.45) is 11.8 Å². The van der Waals surface area contributed by atoms with Crippen molar-refractivity contribution in [2.45, 2.75) is 57.7 Å². The van der Waals surface area contributed by atoms with E-state index < -0.39 is 0 Å². The Labute approximate surface area is 142 Å². The first-order valence-corrected chi connectivity index (χ1v) is 9.12. The number of fused-ring (bicyclic) bond motifs is 5. The van der Waals surface area contributed by atoms with Crippen LogP contribution >= 0.6 is 0 Å². The fourth-order valence-electron chi connectivity index (χ4n) is 4.28. The van der Waals surface area contributed by atoms with Crippen molar-refractivity contribution in [1.82, 2.24) is 20.4 Å². The van der Waals surface area contributed by atoms with E-state index in [1.165, 1.54) is 12.8 Å². The van der Waals surface area contributed by atoms with Crippen LogP contribution in [0.4, 0.5) is 4.79 Å². The van der Waals surface area contributed by atoms with E-state index in [-0.39, 0.29) is 11.9 Å². The lowest BCUT2D eigenvalue weighted by molar-refractivity contribution is 0.0739. The van der Waals surface area contributed by atoms with Gasteiger partial charge in [-0.05, 0) is 19.3 Å². The third kappa shape index (κ3) is 2.90. The van der Waals surface area contributed by atoms with E-state index in [0.717, 1.165) is 25.3 Å². The van der Waals surface area contributed by atoms with Crippen molar-refractivity contribution in [3.05, 3.63) is 11.7 Å². The van der Waals surface area contributed by atoms with Crippen LogP contribution in [-0.4, -0.2) is 52.9 Å². The number of hydrogen-bond donors (Lipinski definition) is 1. The molecule has 1 N–H and O–H groups in total. The summed E-state index contributed by atoms with van der Waals surface area (Å²) in [5.41, 5.74) is 0. The van der Waals surface area contributed by atoms with Crippen molar-refractivity contribution in [3.8, 4) is 0 Å². The molecule has 0 saturated carbocycles. The number of aryl methyl sites for hydroxylation is 1. The Kier molecular flexibility index (Phi) is 4.20. The average molecular weight is 334 g/mol. The minimum atomic E-state index is 0.0530. The van der Waals surface area contributed by atoms with E-state index in [0.29, 0.717) is 42.9 Å². The van der Waals surface area contributed by atoms with Gasteiger partial charge in [0.2, 0.25) is 5.89 Å². The third-order valence-electron chi connectivity index (χ3n) is 5.58. The smallest absolute Gasteiger partial charge is 0.317 e. The van der Waals surface area contributed by atoms with Crippen LogP contribution in [0.1, 0.15) is 50.7 Å². The number of amides is 2. The molecule has 7 nitrogen and oxygen atoms in total. The summed E-state index contributed by atoms with van der Waals surface area (Å²) >= 11 is 0. The molecule has 1 aromatic heterocycles. The Bertz CT molecular complexity index is 584. The van der Waals surface area contributed by atoms with Crippen LogP contribution in [0.2, 0.25) is 0 Å². The maximum atomic E-state index is 12.3. The third-order valence-corrected chi connectivity index (χ3v) is 5.58. The number of rotatable bonds is 5. The zero-order valence-corrected chi connectivity index (χ0v) is 14.4. The van der Waals surface area contributed by atoms with Crippen LogP contribution in [0.5, 0.6) is 0 Å². The summed E-state index contributed by atoms with van der Waals surface area (Å²) in [6, 6.07) is 0.0530. The monoisotopic (exact) mass is 334 g/mol. The molecule has 4 unspecified atom stereocenters. The van der Waals surface area contributed by atoms with E-state index in [4.69, 9.17) is 9.26 Å². The Morgan fingerprint density at radius 3 is 2.62 bits per heavy atom. The number of aromatic nitrogens is 2. The van der Waals surface area contributed by atoms with Crippen molar-refractivity contribution in [1.29, 1.82) is 0 Å². The zero-order valence-electron chi connectivity index (χ0n) is 14.4. The predicted molar refractivity (Wildman–Crippen MR) is 86.6 cm³/mol. The summed E-state index contributed by atoms with van der Waals surface area (Å²) in [5.74, 6) is 2.78. The maximum Gasteiger partial charge on any atom is 0.317 e. The molecule has 3 aliphatic heterocycles. The van der Waals surface area contributed by atoms with Crippen LogP contribution in [0.15, 0.2) is 4.52 Å². The molecule has 2 amide bonds. The number of hydrogen-bond acceptors (Lipinski definition) is 5. The second-order valence-electron chi connectivity index (χ2n) is 7.56. The standard InChI is InChI=1S/C17H26N4O3/c1-10(2)16-19-15(24-20-16)4-3-7-18-17(22)21-8-11-12(9-21)14-6-5-13(11)23-14/h10-14H,3-9H2,1-2H3,(H,18,22). The van der Waals surface area contributed by atoms with Crippen molar-refractivity contribution in [2.75, 3.05) is 19.6 Å². The molecule has 1 aromatic rings. The largest absolute Gasteiger partial charge is 0.374 e. The first kappa shape index (κ1) is 15.9. The normalized spacial score (nSPS) is 31.0. The van der Waals surface area contributed by atoms with E-state index >= 15 is 0 Å². The zero-order chi connectivity index (χ0) is 16.7. The quantitative estimate of drug-likeness (QED) is 0.833. The molecule has 3 fully saturated rings.